The third-order valence-electron chi connectivity index (χ3n) is 8.03. The van der Waals surface area contributed by atoms with Gasteiger partial charge in [-0.15, -0.1) is 13.2 Å². The molecule has 3 aromatic rings. The molecule has 2 fully saturated rings. The van der Waals surface area contributed by atoms with Crippen LogP contribution in [-0.4, -0.2) is 68.8 Å². The van der Waals surface area contributed by atoms with E-state index < -0.39 is 39.5 Å². The van der Waals surface area contributed by atoms with E-state index in [0.29, 0.717) is 47.2 Å². The topological polar surface area (TPSA) is 119 Å². The van der Waals surface area contributed by atoms with Gasteiger partial charge in [0.05, 0.1) is 11.4 Å². The van der Waals surface area contributed by atoms with Crippen molar-refractivity contribution in [3.63, 3.8) is 0 Å². The number of ketones is 1. The summed E-state index contributed by atoms with van der Waals surface area (Å²) in [4.78, 5) is 41.6. The number of carbonyl (C=O) groups excluding carboxylic acids is 3. The molecule has 0 aromatic heterocycles. The first-order valence-electron chi connectivity index (χ1n) is 14.3. The average Bonchev–Trinajstić information content (AvgIpc) is 3.20. The molecule has 2 unspecified atom stereocenters. The summed E-state index contributed by atoms with van der Waals surface area (Å²) >= 11 is 6.62. The highest BCUT2D eigenvalue weighted by atomic mass is 35.5. The molecule has 3 aromatic carbocycles. The Morgan fingerprint density at radius 3 is 2.52 bits per heavy atom. The number of alkyl halides is 3. The summed E-state index contributed by atoms with van der Waals surface area (Å²) in [5, 5.41) is 2.94. The molecule has 0 bridgehead atoms. The number of aryl methyl sites for hydroxylation is 1. The van der Waals surface area contributed by atoms with Gasteiger partial charge in [-0.25, -0.2) is 8.42 Å². The smallest absolute Gasteiger partial charge is 0.449 e. The number of hydrogen-bond donors (Lipinski definition) is 1. The maximum Gasteiger partial charge on any atom is 0.573 e. The number of piperidine rings is 1. The summed E-state index contributed by atoms with van der Waals surface area (Å²) in [6, 6.07) is 14.7. The Kier molecular flexibility index (Phi) is 9.22. The first-order chi connectivity index (χ1) is 21.5. The van der Waals surface area contributed by atoms with Gasteiger partial charge in [0.25, 0.3) is 0 Å². The van der Waals surface area contributed by atoms with Crippen LogP contribution in [0.5, 0.6) is 5.75 Å². The van der Waals surface area contributed by atoms with E-state index in [2.05, 4.69) is 10.1 Å². The second-order valence-corrected chi connectivity index (χ2v) is 13.9. The molecule has 1 amide bonds. The van der Waals surface area contributed by atoms with Crippen LogP contribution in [0.2, 0.25) is 5.02 Å². The van der Waals surface area contributed by atoms with Crippen molar-refractivity contribution < 1.29 is 45.4 Å². The third kappa shape index (κ3) is 7.37. The third-order valence-corrected chi connectivity index (χ3v) is 9.45. The Bertz CT molecular complexity index is 1800. The zero-order valence-electron chi connectivity index (χ0n) is 24.8. The Labute approximate surface area is 268 Å². The first-order valence-corrected chi connectivity index (χ1v) is 16.5. The Morgan fingerprint density at radius 1 is 1.13 bits per heavy atom. The number of halogens is 4. The van der Waals surface area contributed by atoms with E-state index >= 15 is 0 Å². The minimum absolute atomic E-state index is 0.0219. The number of likely N-dealkylation sites (tertiary alicyclic amines) is 1. The van der Waals surface area contributed by atoms with Gasteiger partial charge in [-0.3, -0.25) is 19.3 Å². The molecular formula is C32H30ClF3N2O7S. The van der Waals surface area contributed by atoms with Gasteiger partial charge < -0.3 is 14.8 Å². The van der Waals surface area contributed by atoms with Crippen molar-refractivity contribution >= 4 is 39.1 Å². The standard InChI is InChI=1S/C32H30ClF3N2O7S/c1-19-13-25(21-5-3-6-23(14-21)46(2,42)43)26(33)15-24(19)28-29(40)31(45-30(28)41)11-4-12-38(18-31)17-27(39)37-16-20-7-9-22(10-8-20)44-32(34,35)36/h3,5-10,13-15,28H,4,11-12,16-18H2,1-2H3,(H,37,39). The number of esters is 1. The first kappa shape index (κ1) is 33.4. The Hall–Kier alpha value is -3.94. The highest BCUT2D eigenvalue weighted by Crippen LogP contribution is 2.43. The second-order valence-electron chi connectivity index (χ2n) is 11.5. The molecule has 9 nitrogen and oxygen atoms in total. The van der Waals surface area contributed by atoms with Gasteiger partial charge in [0.1, 0.15) is 11.7 Å². The van der Waals surface area contributed by atoms with Crippen molar-refractivity contribution in [2.45, 2.75) is 49.1 Å². The fourth-order valence-electron chi connectivity index (χ4n) is 5.86. The van der Waals surface area contributed by atoms with Crippen molar-refractivity contribution in [1.29, 1.82) is 0 Å². The zero-order valence-corrected chi connectivity index (χ0v) is 26.4. The van der Waals surface area contributed by atoms with Crippen LogP contribution in [0.3, 0.4) is 0 Å². The summed E-state index contributed by atoms with van der Waals surface area (Å²) in [6.07, 6.45) is -2.91. The SMILES string of the molecule is Cc1cc(-c2cccc(S(C)(=O)=O)c2)c(Cl)cc1C1C(=O)OC2(CCCN(CC(=O)NCc3ccc(OC(F)(F)F)cc3)C2)C1=O. The average molecular weight is 679 g/mol. The van der Waals surface area contributed by atoms with Crippen LogP contribution in [-0.2, 0) is 35.5 Å². The molecule has 14 heteroatoms. The molecule has 0 saturated carbocycles. The number of carbonyl (C=O) groups is 3. The normalized spacial score (nSPS) is 20.5. The lowest BCUT2D eigenvalue weighted by atomic mass is 9.81. The van der Waals surface area contributed by atoms with E-state index in [-0.39, 0.29) is 41.2 Å². The van der Waals surface area contributed by atoms with Crippen LogP contribution in [0.1, 0.15) is 35.4 Å². The van der Waals surface area contributed by atoms with E-state index in [0.717, 1.165) is 18.4 Å². The van der Waals surface area contributed by atoms with Gasteiger partial charge in [0.2, 0.25) is 5.91 Å². The molecule has 2 aliphatic rings. The number of ether oxygens (including phenoxy) is 2. The van der Waals surface area contributed by atoms with Gasteiger partial charge in [-0.1, -0.05) is 35.9 Å². The summed E-state index contributed by atoms with van der Waals surface area (Å²) < 4.78 is 70.8. The van der Waals surface area contributed by atoms with Crippen LogP contribution >= 0.6 is 11.6 Å². The van der Waals surface area contributed by atoms with Crippen molar-refractivity contribution in [2.24, 2.45) is 0 Å². The molecule has 5 rings (SSSR count). The number of Topliss-reactive ketones (excluding diaryl/α,β-unsaturated/α-hetero) is 1. The zero-order chi connectivity index (χ0) is 33.4. The van der Waals surface area contributed by atoms with Crippen LogP contribution in [0.25, 0.3) is 11.1 Å². The van der Waals surface area contributed by atoms with E-state index in [4.69, 9.17) is 16.3 Å². The van der Waals surface area contributed by atoms with Gasteiger partial charge in [0, 0.05) is 29.9 Å². The largest absolute Gasteiger partial charge is 0.573 e. The molecule has 2 atom stereocenters. The Morgan fingerprint density at radius 2 is 1.85 bits per heavy atom. The minimum Gasteiger partial charge on any atom is -0.449 e. The van der Waals surface area contributed by atoms with Gasteiger partial charge in [-0.2, -0.15) is 0 Å². The molecule has 46 heavy (non-hydrogen) atoms. The summed E-state index contributed by atoms with van der Waals surface area (Å²) in [7, 11) is -3.46. The molecule has 1 N–H and O–H groups in total. The Balaban J connectivity index is 1.26. The van der Waals surface area contributed by atoms with Crippen LogP contribution in [0, 0.1) is 6.92 Å². The fourth-order valence-corrected chi connectivity index (χ4v) is 6.81. The van der Waals surface area contributed by atoms with Crippen molar-refractivity contribution in [2.75, 3.05) is 25.9 Å². The van der Waals surface area contributed by atoms with Gasteiger partial charge in [-0.05, 0) is 85.0 Å². The van der Waals surface area contributed by atoms with E-state index in [1.165, 1.54) is 30.3 Å². The van der Waals surface area contributed by atoms with Crippen molar-refractivity contribution in [1.82, 2.24) is 10.2 Å². The van der Waals surface area contributed by atoms with E-state index in [9.17, 15) is 36.0 Å². The summed E-state index contributed by atoms with van der Waals surface area (Å²) in [6.45, 7) is 2.22. The van der Waals surface area contributed by atoms with E-state index in [1.807, 2.05) is 0 Å². The summed E-state index contributed by atoms with van der Waals surface area (Å²) in [5.41, 5.74) is 1.22. The molecular weight excluding hydrogens is 649 g/mol. The maximum absolute atomic E-state index is 13.9. The molecule has 0 aliphatic carbocycles. The molecule has 0 radical (unpaired) electrons. The van der Waals surface area contributed by atoms with Gasteiger partial charge >= 0.3 is 12.3 Å². The highest BCUT2D eigenvalue weighted by Gasteiger charge is 2.57. The molecule has 2 aliphatic heterocycles. The number of hydrogen-bond acceptors (Lipinski definition) is 8. The van der Waals surface area contributed by atoms with Crippen molar-refractivity contribution in [3.8, 4) is 16.9 Å². The number of sulfone groups is 1. The van der Waals surface area contributed by atoms with Crippen LogP contribution in [0.4, 0.5) is 13.2 Å². The maximum atomic E-state index is 13.9. The van der Waals surface area contributed by atoms with Crippen LogP contribution in [0.15, 0.2) is 65.6 Å². The number of rotatable bonds is 8. The van der Waals surface area contributed by atoms with Crippen molar-refractivity contribution in [3.05, 3.63) is 82.4 Å². The lowest BCUT2D eigenvalue weighted by molar-refractivity contribution is -0.274. The lowest BCUT2D eigenvalue weighted by Crippen LogP contribution is -2.54. The molecule has 2 saturated heterocycles. The minimum atomic E-state index is -4.80. The molecule has 244 valence electrons. The van der Waals surface area contributed by atoms with E-state index in [1.54, 1.807) is 30.0 Å². The fraction of sp³-hybridized carbons (Fsp3) is 0.344. The quantitative estimate of drug-likeness (QED) is 0.262. The lowest BCUT2D eigenvalue weighted by Gasteiger charge is -2.37. The molecule has 1 spiro atoms. The second kappa shape index (κ2) is 12.7. The number of benzene rings is 3. The molecule has 2 heterocycles. The number of nitrogens with zero attached hydrogens (tertiary/aromatic N) is 1. The van der Waals surface area contributed by atoms with Gasteiger partial charge in [0.15, 0.2) is 21.2 Å². The monoisotopic (exact) mass is 678 g/mol. The highest BCUT2D eigenvalue weighted by molar-refractivity contribution is 7.90. The predicted molar refractivity (Wildman–Crippen MR) is 162 cm³/mol. The summed E-state index contributed by atoms with van der Waals surface area (Å²) in [5.74, 6) is -3.09. The predicted octanol–water partition coefficient (Wildman–Crippen LogP) is 4.98. The number of amides is 1. The van der Waals surface area contributed by atoms with Crippen LogP contribution < -0.4 is 10.1 Å². The number of nitrogens with one attached hydrogen (secondary N) is 1.